The van der Waals surface area contributed by atoms with Crippen molar-refractivity contribution in [2.45, 2.75) is 193 Å². The fourth-order valence-corrected chi connectivity index (χ4v) is 19.7. The standard InChI is InChI=1S/C25H30N2O3.C24H28N2O3.C23H28N2O2.C22H26N2O3.C22H26N2O2/c1-17(29)20-6-8-24-22(13-20)23-14-21(18(2)30)7-9-25(23)27(24)12-4-11-26-10-3-5-19(15-26)16-28;1-16(27)18-6-8-23-21(13-18)22-14-19(17(2)28)7-9-24(22)26(23)12-4-11-25-10-3-5-20(29)15-25;1-15(2)24(5)11-6-12-25-22-9-7-18(16(3)26)13-20(22)21-14-19(17(4)27)8-10-23(21)25;1-15(26)17-5-7-21-19(13-17)20-14-18(16(2)27)6-8-22(20)24(21)10-4-9-23(3)11-12-25;1-5-23(4)11-6-12-24-21-9-7-17(15(2)25)13-19(21)20-14-18(16(3)26)8-10-22(20)24/h6-9,13-14,19,28H,3-5,10-12,15-16H2,1-2H3;6-9,13-14,20,29H,3-5,10-12,15H2,1-2H3;7-10,13-15H,6,11-12H2,1-5H3;5-8,13-14,25H,4,9-12H2,1-3H3;7-10,13-14H,5-6,11-12H2,1-4H3. The van der Waals surface area contributed by atoms with E-state index in [1.165, 1.54) is 0 Å². The third-order valence-corrected chi connectivity index (χ3v) is 28.1. The van der Waals surface area contributed by atoms with E-state index in [2.05, 4.69) is 82.2 Å². The van der Waals surface area contributed by atoms with Crippen molar-refractivity contribution >= 4 is 167 Å². The molecule has 0 bridgehead atoms. The lowest BCUT2D eigenvalue weighted by molar-refractivity contribution is 0.0696. The molecule has 23 nitrogen and oxygen atoms in total. The van der Waals surface area contributed by atoms with Crippen LogP contribution in [0.1, 0.15) is 251 Å². The summed E-state index contributed by atoms with van der Waals surface area (Å²) in [6.45, 7) is 37.7. The molecule has 7 heterocycles. The number of ketones is 10. The Morgan fingerprint density at radius 2 is 0.525 bits per heavy atom. The van der Waals surface area contributed by atoms with E-state index < -0.39 is 0 Å². The van der Waals surface area contributed by atoms with Crippen molar-refractivity contribution in [3.8, 4) is 0 Å². The van der Waals surface area contributed by atoms with Crippen molar-refractivity contribution in [2.75, 3.05) is 106 Å². The van der Waals surface area contributed by atoms with Gasteiger partial charge in [-0.15, -0.1) is 0 Å². The molecule has 23 heteroatoms. The van der Waals surface area contributed by atoms with Crippen LogP contribution in [0.3, 0.4) is 0 Å². The Hall–Kier alpha value is -12.4. The smallest absolute Gasteiger partial charge is 0.159 e. The predicted octanol–water partition coefficient (Wildman–Crippen LogP) is 21.3. The SMILES string of the molecule is CC(=O)c1ccc2c(c1)c1cc(C(C)=O)ccc1n2CCCN(C)C(C)C.CC(=O)c1ccc2c(c1)c1cc(C(C)=O)ccc1n2CCCN(C)CCO.CC(=O)c1ccc2c(c1)c1cc(C(C)=O)ccc1n2CCCN1CCCC(CO)C1.CC(=O)c1ccc2c(c1)c1cc(C(C)=O)ccc1n2CCCN1CCCC(O)C1.CCN(C)CCCn1c2ccc(C(C)=O)cc2c2cc(C(C)=O)ccc21. The van der Waals surface area contributed by atoms with Crippen LogP contribution in [-0.2, 0) is 32.7 Å². The lowest BCUT2D eigenvalue weighted by atomic mass is 9.99. The van der Waals surface area contributed by atoms with Gasteiger partial charge in [-0.25, -0.2) is 0 Å². The van der Waals surface area contributed by atoms with E-state index >= 15 is 0 Å². The molecular formula is C116H138N10O13. The van der Waals surface area contributed by atoms with Gasteiger partial charge in [0.05, 0.1) is 12.7 Å². The fraction of sp³-hybridized carbons (Fsp3) is 0.397. The van der Waals surface area contributed by atoms with E-state index in [9.17, 15) is 58.2 Å². The minimum absolute atomic E-state index is 0.0335. The molecule has 3 N–H and O–H groups in total. The molecule has 2 aliphatic heterocycles. The largest absolute Gasteiger partial charge is 0.396 e. The lowest BCUT2D eigenvalue weighted by Gasteiger charge is -2.31. The Labute approximate surface area is 815 Å². The molecule has 2 unspecified atom stereocenters. The van der Waals surface area contributed by atoms with Crippen LogP contribution in [0, 0.1) is 5.92 Å². The highest BCUT2D eigenvalue weighted by Crippen LogP contribution is 2.39. The van der Waals surface area contributed by atoms with Crippen LogP contribution in [0.25, 0.3) is 109 Å². The molecule has 0 spiro atoms. The molecule has 2 fully saturated rings. The average molecular weight is 1880 g/mol. The van der Waals surface area contributed by atoms with Crippen molar-refractivity contribution in [1.29, 1.82) is 0 Å². The summed E-state index contributed by atoms with van der Waals surface area (Å²) in [7, 11) is 6.28. The first-order valence-electron chi connectivity index (χ1n) is 49.4. The zero-order valence-corrected chi connectivity index (χ0v) is 84.0. The molecule has 0 saturated carbocycles. The number of hydrogen-bond donors (Lipinski definition) is 3. The quantitative estimate of drug-likeness (QED) is 0.0311. The number of likely N-dealkylation sites (tertiary alicyclic amines) is 2. The van der Waals surface area contributed by atoms with E-state index in [1.807, 2.05) is 189 Å². The molecule has 5 aromatic heterocycles. The molecule has 2 atom stereocenters. The topological polar surface area (TPSA) is 272 Å². The van der Waals surface area contributed by atoms with Gasteiger partial charge < -0.3 is 62.7 Å². The first-order valence-corrected chi connectivity index (χ1v) is 49.4. The molecule has 17 rings (SSSR count). The van der Waals surface area contributed by atoms with Crippen LogP contribution in [0.2, 0.25) is 0 Å². The molecule has 10 aromatic carbocycles. The van der Waals surface area contributed by atoms with E-state index in [0.717, 1.165) is 265 Å². The van der Waals surface area contributed by atoms with Gasteiger partial charge in [-0.3, -0.25) is 47.9 Å². The molecular weight excluding hydrogens is 1740 g/mol. The first kappa shape index (κ1) is 104. The van der Waals surface area contributed by atoms with Gasteiger partial charge in [-0.2, -0.15) is 0 Å². The maximum Gasteiger partial charge on any atom is 0.159 e. The fourth-order valence-electron chi connectivity index (χ4n) is 19.7. The summed E-state index contributed by atoms with van der Waals surface area (Å²) < 4.78 is 11.5. The van der Waals surface area contributed by atoms with Crippen LogP contribution in [0.5, 0.6) is 0 Å². The molecule has 0 radical (unpaired) electrons. The van der Waals surface area contributed by atoms with Gasteiger partial charge >= 0.3 is 0 Å². The number of carbonyl (C=O) groups excluding carboxylic acids is 10. The number of nitrogens with zero attached hydrogens (tertiary/aromatic N) is 10. The van der Waals surface area contributed by atoms with E-state index in [4.69, 9.17) is 5.11 Å². The molecule has 15 aromatic rings. The van der Waals surface area contributed by atoms with Crippen LogP contribution in [0.15, 0.2) is 182 Å². The van der Waals surface area contributed by atoms with Crippen LogP contribution < -0.4 is 0 Å². The normalized spacial score (nSPS) is 14.2. The molecule has 730 valence electrons. The number of aliphatic hydroxyl groups is 3. The Balaban J connectivity index is 0.000000147. The minimum Gasteiger partial charge on any atom is -0.396 e. The number of aliphatic hydroxyl groups excluding tert-OH is 3. The summed E-state index contributed by atoms with van der Waals surface area (Å²) in [5.74, 6) is 0.865. The summed E-state index contributed by atoms with van der Waals surface area (Å²) in [6.07, 6.45) is 9.06. The van der Waals surface area contributed by atoms with Gasteiger partial charge in [0.1, 0.15) is 0 Å². The van der Waals surface area contributed by atoms with E-state index in [1.54, 1.807) is 69.2 Å². The summed E-state index contributed by atoms with van der Waals surface area (Å²) in [6, 6.07) is 59.1. The number of Topliss-reactive ketones (excluding diaryl/α,β-unsaturated/α-hetero) is 10. The maximum atomic E-state index is 11.9. The molecule has 2 aliphatic rings. The van der Waals surface area contributed by atoms with Gasteiger partial charge in [-0.05, 0) is 402 Å². The third kappa shape index (κ3) is 24.7. The summed E-state index contributed by atoms with van der Waals surface area (Å²) in [5, 5.41) is 38.7. The molecule has 0 aliphatic carbocycles. The number of piperidine rings is 2. The zero-order valence-electron chi connectivity index (χ0n) is 84.0. The molecule has 2 saturated heterocycles. The van der Waals surface area contributed by atoms with Crippen LogP contribution in [-0.4, -0.2) is 239 Å². The van der Waals surface area contributed by atoms with E-state index in [-0.39, 0.29) is 77.2 Å². The van der Waals surface area contributed by atoms with E-state index in [0.29, 0.717) is 74.1 Å². The number of likely N-dealkylation sites (N-methyl/N-ethyl adjacent to an activating group) is 1. The second-order valence-corrected chi connectivity index (χ2v) is 38.5. The van der Waals surface area contributed by atoms with Gasteiger partial charge in [0.15, 0.2) is 57.8 Å². The highest BCUT2D eigenvalue weighted by molar-refractivity contribution is 6.18. The van der Waals surface area contributed by atoms with Gasteiger partial charge in [0.2, 0.25) is 0 Å². The Morgan fingerprint density at radius 1 is 0.302 bits per heavy atom. The number of rotatable bonds is 35. The number of fused-ring (bicyclic) bond motifs is 15. The van der Waals surface area contributed by atoms with Crippen molar-refractivity contribution in [3.63, 3.8) is 0 Å². The molecule has 0 amide bonds. The summed E-state index contributed by atoms with van der Waals surface area (Å²) in [4.78, 5) is 130. The van der Waals surface area contributed by atoms with Gasteiger partial charge in [0.25, 0.3) is 0 Å². The van der Waals surface area contributed by atoms with Crippen molar-refractivity contribution in [3.05, 3.63) is 238 Å². The van der Waals surface area contributed by atoms with Crippen molar-refractivity contribution in [2.24, 2.45) is 5.92 Å². The maximum absolute atomic E-state index is 11.9. The number of aryl methyl sites for hydroxylation is 5. The van der Waals surface area contributed by atoms with Crippen molar-refractivity contribution in [1.82, 2.24) is 47.3 Å². The number of hydrogen-bond acceptors (Lipinski definition) is 18. The van der Waals surface area contributed by atoms with Gasteiger partial charge in [0, 0.05) is 230 Å². The average Bonchev–Trinajstić information content (AvgIpc) is 1.62. The van der Waals surface area contributed by atoms with Crippen LogP contribution >= 0.6 is 0 Å². The lowest BCUT2D eigenvalue weighted by Crippen LogP contribution is -2.38. The summed E-state index contributed by atoms with van der Waals surface area (Å²) >= 11 is 0. The zero-order chi connectivity index (χ0) is 99.9. The highest BCUT2D eigenvalue weighted by Gasteiger charge is 2.25. The third-order valence-electron chi connectivity index (χ3n) is 28.1. The highest BCUT2D eigenvalue weighted by atomic mass is 16.3. The second kappa shape index (κ2) is 47.0. The van der Waals surface area contributed by atoms with Crippen LogP contribution in [0.4, 0.5) is 0 Å². The second-order valence-electron chi connectivity index (χ2n) is 38.5. The number of aromatic nitrogens is 5. The Morgan fingerprint density at radius 3 is 0.741 bits per heavy atom. The monoisotopic (exact) mass is 1880 g/mol. The first-order chi connectivity index (χ1) is 66.5. The Kier molecular flexibility index (Phi) is 35.2. The number of carbonyl (C=O) groups is 10. The summed E-state index contributed by atoms with van der Waals surface area (Å²) in [5.41, 5.74) is 17.9. The molecule has 139 heavy (non-hydrogen) atoms. The van der Waals surface area contributed by atoms with Gasteiger partial charge in [-0.1, -0.05) is 6.92 Å². The number of benzene rings is 10. The number of β-amino-alcohol motifs (C(OH)–C–C–N with tert-alkyl or cyclic N) is 1. The Bertz CT molecular complexity index is 6780. The van der Waals surface area contributed by atoms with Crippen molar-refractivity contribution < 1.29 is 63.3 Å². The predicted molar refractivity (Wildman–Crippen MR) is 564 cm³/mol. The minimum atomic E-state index is -0.202.